The van der Waals surface area contributed by atoms with Gasteiger partial charge in [0, 0.05) is 19.6 Å². The molecule has 0 aromatic heterocycles. The number of hydrogen-bond donors (Lipinski definition) is 2. The van der Waals surface area contributed by atoms with E-state index in [1.165, 1.54) is 0 Å². The van der Waals surface area contributed by atoms with Gasteiger partial charge in [0.15, 0.2) is 0 Å². The number of amides is 3. The summed E-state index contributed by atoms with van der Waals surface area (Å²) in [4.78, 5) is 38.3. The zero-order valence-corrected chi connectivity index (χ0v) is 18.2. The zero-order chi connectivity index (χ0) is 21.4. The second-order valence-electron chi connectivity index (χ2n) is 9.16. The van der Waals surface area contributed by atoms with E-state index in [1.54, 1.807) is 25.7 Å². The Kier molecular flexibility index (Phi) is 9.04. The van der Waals surface area contributed by atoms with Crippen molar-refractivity contribution in [1.82, 2.24) is 15.5 Å². The molecule has 1 heterocycles. The van der Waals surface area contributed by atoms with E-state index in [9.17, 15) is 14.4 Å². The fourth-order valence-corrected chi connectivity index (χ4v) is 2.84. The van der Waals surface area contributed by atoms with Gasteiger partial charge >= 0.3 is 12.2 Å². The molecule has 1 rings (SSSR count). The van der Waals surface area contributed by atoms with Crippen molar-refractivity contribution in [2.24, 2.45) is 0 Å². The highest BCUT2D eigenvalue weighted by Gasteiger charge is 2.29. The lowest BCUT2D eigenvalue weighted by atomic mass is 10.1. The van der Waals surface area contributed by atoms with E-state index in [1.807, 2.05) is 20.8 Å². The molecule has 1 aliphatic heterocycles. The monoisotopic (exact) mass is 399 g/mol. The Bertz CT molecular complexity index is 531. The Labute approximate surface area is 168 Å². The van der Waals surface area contributed by atoms with Gasteiger partial charge in [-0.1, -0.05) is 0 Å². The maximum Gasteiger partial charge on any atom is 0.408 e. The van der Waals surface area contributed by atoms with Crippen molar-refractivity contribution in [1.29, 1.82) is 0 Å². The number of likely N-dealkylation sites (tertiary alicyclic amines) is 1. The topological polar surface area (TPSA) is 97.0 Å². The van der Waals surface area contributed by atoms with Crippen molar-refractivity contribution in [3.05, 3.63) is 0 Å². The van der Waals surface area contributed by atoms with Gasteiger partial charge in [0.2, 0.25) is 5.91 Å². The molecule has 162 valence electrons. The van der Waals surface area contributed by atoms with Gasteiger partial charge in [-0.25, -0.2) is 9.59 Å². The Morgan fingerprint density at radius 3 is 1.96 bits per heavy atom. The summed E-state index contributed by atoms with van der Waals surface area (Å²) in [6.07, 6.45) is 2.79. The van der Waals surface area contributed by atoms with E-state index in [-0.39, 0.29) is 5.91 Å². The Balaban J connectivity index is 2.47. The summed E-state index contributed by atoms with van der Waals surface area (Å²) in [5.74, 6) is -0.0662. The molecule has 0 spiro atoms. The molecule has 1 aliphatic rings. The molecule has 1 unspecified atom stereocenters. The minimum atomic E-state index is -0.622. The number of unbranched alkanes of at least 4 members (excludes halogenated alkanes) is 1. The number of alkyl carbamates (subject to hydrolysis) is 2. The standard InChI is InChI=1S/C20H37N3O5/c1-19(2,3)27-17(25)21-12-8-7-11-15(16(24)23-13-9-10-14-23)22-18(26)28-20(4,5)6/h15H,7-14H2,1-6H3,(H,21,25)(H,22,26). The van der Waals surface area contributed by atoms with E-state index in [4.69, 9.17) is 9.47 Å². The van der Waals surface area contributed by atoms with Gasteiger partial charge in [-0.05, 0) is 73.6 Å². The third-order valence-corrected chi connectivity index (χ3v) is 3.99. The van der Waals surface area contributed by atoms with Gasteiger partial charge in [-0.15, -0.1) is 0 Å². The second kappa shape index (κ2) is 10.5. The lowest BCUT2D eigenvalue weighted by Crippen LogP contribution is -2.49. The lowest BCUT2D eigenvalue weighted by Gasteiger charge is -2.26. The van der Waals surface area contributed by atoms with E-state index in [0.29, 0.717) is 25.8 Å². The number of carbonyl (C=O) groups is 3. The molecule has 8 nitrogen and oxygen atoms in total. The predicted molar refractivity (Wildman–Crippen MR) is 107 cm³/mol. The van der Waals surface area contributed by atoms with Crippen molar-refractivity contribution in [3.63, 3.8) is 0 Å². The van der Waals surface area contributed by atoms with Crippen molar-refractivity contribution in [3.8, 4) is 0 Å². The number of hydrogen-bond acceptors (Lipinski definition) is 5. The first kappa shape index (κ1) is 24.0. The number of ether oxygens (including phenoxy) is 2. The number of nitrogens with one attached hydrogen (secondary N) is 2. The van der Waals surface area contributed by atoms with Crippen LogP contribution in [-0.2, 0) is 14.3 Å². The summed E-state index contributed by atoms with van der Waals surface area (Å²) in [5.41, 5.74) is -1.16. The largest absolute Gasteiger partial charge is 0.444 e. The molecule has 1 saturated heterocycles. The summed E-state index contributed by atoms with van der Waals surface area (Å²) in [5, 5.41) is 5.42. The van der Waals surface area contributed by atoms with E-state index < -0.39 is 29.4 Å². The SMILES string of the molecule is CC(C)(C)OC(=O)NCCCCC(NC(=O)OC(C)(C)C)C(=O)N1CCCC1. The van der Waals surface area contributed by atoms with Crippen LogP contribution < -0.4 is 10.6 Å². The maximum absolute atomic E-state index is 12.7. The van der Waals surface area contributed by atoms with Gasteiger partial charge in [-0.2, -0.15) is 0 Å². The van der Waals surface area contributed by atoms with Gasteiger partial charge in [-0.3, -0.25) is 4.79 Å². The molecule has 28 heavy (non-hydrogen) atoms. The molecule has 1 atom stereocenters. The summed E-state index contributed by atoms with van der Waals surface area (Å²) in [6.45, 7) is 12.7. The van der Waals surface area contributed by atoms with Crippen LogP contribution in [0, 0.1) is 0 Å². The molecule has 0 aromatic rings. The summed E-state index contributed by atoms with van der Waals surface area (Å²) in [7, 11) is 0. The van der Waals surface area contributed by atoms with E-state index >= 15 is 0 Å². The first-order valence-electron chi connectivity index (χ1n) is 10.1. The highest BCUT2D eigenvalue weighted by molar-refractivity contribution is 5.85. The van der Waals surface area contributed by atoms with Crippen LogP contribution in [0.2, 0.25) is 0 Å². The number of nitrogens with zero attached hydrogens (tertiary/aromatic N) is 1. The Hall–Kier alpha value is -1.99. The first-order valence-corrected chi connectivity index (χ1v) is 10.1. The molecule has 0 radical (unpaired) electrons. The predicted octanol–water partition coefficient (Wildman–Crippen LogP) is 3.20. The molecular formula is C20H37N3O5. The van der Waals surface area contributed by atoms with Gasteiger partial charge in [0.05, 0.1) is 0 Å². The second-order valence-corrected chi connectivity index (χ2v) is 9.16. The fourth-order valence-electron chi connectivity index (χ4n) is 2.84. The quantitative estimate of drug-likeness (QED) is 0.641. The summed E-state index contributed by atoms with van der Waals surface area (Å²) >= 11 is 0. The van der Waals surface area contributed by atoms with Gasteiger partial charge in [0.25, 0.3) is 0 Å². The molecule has 3 amide bonds. The first-order chi connectivity index (χ1) is 12.9. The van der Waals surface area contributed by atoms with Crippen molar-refractivity contribution in [2.45, 2.75) is 90.9 Å². The highest BCUT2D eigenvalue weighted by atomic mass is 16.6. The third kappa shape index (κ3) is 10.4. The van der Waals surface area contributed by atoms with Crippen LogP contribution in [-0.4, -0.2) is 59.9 Å². The normalized spacial score (nSPS) is 15.7. The fraction of sp³-hybridized carbons (Fsp3) is 0.850. The van der Waals surface area contributed by atoms with Crippen molar-refractivity contribution < 1.29 is 23.9 Å². The van der Waals surface area contributed by atoms with E-state index in [2.05, 4.69) is 10.6 Å². The molecule has 0 saturated carbocycles. The van der Waals surface area contributed by atoms with Crippen LogP contribution >= 0.6 is 0 Å². The molecule has 1 fully saturated rings. The number of carbonyl (C=O) groups excluding carboxylic acids is 3. The van der Waals surface area contributed by atoms with Crippen molar-refractivity contribution in [2.75, 3.05) is 19.6 Å². The lowest BCUT2D eigenvalue weighted by molar-refractivity contribution is -0.132. The zero-order valence-electron chi connectivity index (χ0n) is 18.2. The van der Waals surface area contributed by atoms with Crippen LogP contribution in [0.15, 0.2) is 0 Å². The van der Waals surface area contributed by atoms with Gasteiger partial charge < -0.3 is 25.0 Å². The summed E-state index contributed by atoms with van der Waals surface area (Å²) in [6, 6.07) is -0.616. The Morgan fingerprint density at radius 1 is 0.893 bits per heavy atom. The van der Waals surface area contributed by atoms with Crippen LogP contribution in [0.4, 0.5) is 9.59 Å². The van der Waals surface area contributed by atoms with Crippen LogP contribution in [0.3, 0.4) is 0 Å². The molecule has 0 aromatic carbocycles. The molecular weight excluding hydrogens is 362 g/mol. The minimum absolute atomic E-state index is 0.0662. The summed E-state index contributed by atoms with van der Waals surface area (Å²) < 4.78 is 10.5. The van der Waals surface area contributed by atoms with Crippen LogP contribution in [0.5, 0.6) is 0 Å². The van der Waals surface area contributed by atoms with Crippen molar-refractivity contribution >= 4 is 18.1 Å². The molecule has 8 heteroatoms. The average Bonchev–Trinajstić information content (AvgIpc) is 3.03. The van der Waals surface area contributed by atoms with Crippen LogP contribution in [0.1, 0.15) is 73.6 Å². The van der Waals surface area contributed by atoms with Gasteiger partial charge in [0.1, 0.15) is 17.2 Å². The molecule has 0 aliphatic carbocycles. The average molecular weight is 400 g/mol. The smallest absolute Gasteiger partial charge is 0.408 e. The molecule has 0 bridgehead atoms. The maximum atomic E-state index is 12.7. The Morgan fingerprint density at radius 2 is 1.43 bits per heavy atom. The highest BCUT2D eigenvalue weighted by Crippen LogP contribution is 2.14. The van der Waals surface area contributed by atoms with Crippen LogP contribution in [0.25, 0.3) is 0 Å². The minimum Gasteiger partial charge on any atom is -0.444 e. The van der Waals surface area contributed by atoms with E-state index in [0.717, 1.165) is 25.9 Å². The molecule has 2 N–H and O–H groups in total. The third-order valence-electron chi connectivity index (χ3n) is 3.99. The number of rotatable bonds is 7.